The number of hydrogen-bond acceptors (Lipinski definition) is 5. The molecule has 0 spiro atoms. The predicted molar refractivity (Wildman–Crippen MR) is 69.3 cm³/mol. The van der Waals surface area contributed by atoms with Crippen LogP contribution in [0.4, 0.5) is 0 Å². The Bertz CT molecular complexity index is 608. The molecule has 1 amide bonds. The minimum Gasteiger partial charge on any atom is -0.385 e. The molecule has 1 saturated heterocycles. The molecule has 110 valence electrons. The highest BCUT2D eigenvalue weighted by atomic mass is 16.5. The highest BCUT2D eigenvalue weighted by molar-refractivity contribution is 5.75. The third-order valence-corrected chi connectivity index (χ3v) is 3.46. The molecule has 1 aliphatic rings. The molecular weight excluding hydrogens is 266 g/mol. The lowest BCUT2D eigenvalue weighted by molar-refractivity contribution is -0.123. The molecule has 3 N–H and O–H groups in total. The van der Waals surface area contributed by atoms with E-state index < -0.39 is 22.8 Å². The standard InChI is InChI=1S/C12H17N3O5/c1-8-12(19,3-5-20-8)7-13-10(17)6-15-4-2-9(16)14-11(15)18/h2,4,8,19H,3,5-7H2,1H3,(H,13,17)(H,14,16,18). The van der Waals surface area contributed by atoms with Gasteiger partial charge in [-0.3, -0.25) is 19.1 Å². The van der Waals surface area contributed by atoms with Crippen LogP contribution in [0.25, 0.3) is 0 Å². The minimum atomic E-state index is -1.08. The number of H-pyrrole nitrogens is 1. The van der Waals surface area contributed by atoms with Crippen LogP contribution in [0.5, 0.6) is 0 Å². The lowest BCUT2D eigenvalue weighted by Gasteiger charge is -2.26. The maximum atomic E-state index is 11.7. The van der Waals surface area contributed by atoms with E-state index in [0.29, 0.717) is 13.0 Å². The summed E-state index contributed by atoms with van der Waals surface area (Å²) >= 11 is 0. The van der Waals surface area contributed by atoms with Crippen LogP contribution in [0, 0.1) is 0 Å². The molecule has 8 heteroatoms. The topological polar surface area (TPSA) is 113 Å². The molecule has 2 heterocycles. The Morgan fingerprint density at radius 1 is 1.65 bits per heavy atom. The maximum Gasteiger partial charge on any atom is 0.328 e. The van der Waals surface area contributed by atoms with Gasteiger partial charge in [0.2, 0.25) is 5.91 Å². The Labute approximate surface area is 114 Å². The molecule has 0 aromatic carbocycles. The van der Waals surface area contributed by atoms with Gasteiger partial charge in [0.15, 0.2) is 0 Å². The third-order valence-electron chi connectivity index (χ3n) is 3.46. The fourth-order valence-electron chi connectivity index (χ4n) is 2.03. The number of nitrogens with one attached hydrogen (secondary N) is 2. The first-order valence-electron chi connectivity index (χ1n) is 6.31. The van der Waals surface area contributed by atoms with Crippen molar-refractivity contribution in [3.63, 3.8) is 0 Å². The summed E-state index contributed by atoms with van der Waals surface area (Å²) in [5.74, 6) is -0.424. The first-order chi connectivity index (χ1) is 9.40. The van der Waals surface area contributed by atoms with Crippen molar-refractivity contribution < 1.29 is 14.6 Å². The van der Waals surface area contributed by atoms with Crippen LogP contribution >= 0.6 is 0 Å². The van der Waals surface area contributed by atoms with Crippen molar-refractivity contribution in [2.75, 3.05) is 13.2 Å². The fraction of sp³-hybridized carbons (Fsp3) is 0.583. The largest absolute Gasteiger partial charge is 0.385 e. The van der Waals surface area contributed by atoms with Gasteiger partial charge in [-0.1, -0.05) is 0 Å². The first kappa shape index (κ1) is 14.5. The molecule has 1 aromatic heterocycles. The van der Waals surface area contributed by atoms with E-state index in [1.807, 2.05) is 0 Å². The van der Waals surface area contributed by atoms with E-state index >= 15 is 0 Å². The summed E-state index contributed by atoms with van der Waals surface area (Å²) in [6, 6.07) is 1.16. The van der Waals surface area contributed by atoms with Gasteiger partial charge in [0, 0.05) is 31.8 Å². The summed E-state index contributed by atoms with van der Waals surface area (Å²) in [6.45, 7) is 2.03. The van der Waals surface area contributed by atoms with Crippen molar-refractivity contribution in [1.29, 1.82) is 0 Å². The molecule has 0 bridgehead atoms. The second-order valence-corrected chi connectivity index (χ2v) is 4.88. The SMILES string of the molecule is CC1OCCC1(O)CNC(=O)Cn1ccc(=O)[nH]c1=O. The van der Waals surface area contributed by atoms with Gasteiger partial charge in [0.1, 0.15) is 12.1 Å². The van der Waals surface area contributed by atoms with E-state index in [-0.39, 0.29) is 19.2 Å². The second kappa shape index (κ2) is 5.59. The smallest absolute Gasteiger partial charge is 0.328 e. The molecule has 1 aromatic rings. The minimum absolute atomic E-state index is 0.0606. The van der Waals surface area contributed by atoms with E-state index in [0.717, 1.165) is 10.6 Å². The van der Waals surface area contributed by atoms with Crippen molar-refractivity contribution in [3.8, 4) is 0 Å². The Balaban J connectivity index is 1.93. The lowest BCUT2D eigenvalue weighted by atomic mass is 9.97. The second-order valence-electron chi connectivity index (χ2n) is 4.88. The zero-order valence-electron chi connectivity index (χ0n) is 11.1. The Morgan fingerprint density at radius 3 is 3.00 bits per heavy atom. The molecule has 1 aliphatic heterocycles. The number of aromatic amines is 1. The average Bonchev–Trinajstić information content (AvgIpc) is 2.71. The first-order valence-corrected chi connectivity index (χ1v) is 6.31. The van der Waals surface area contributed by atoms with Crippen LogP contribution in [0.2, 0.25) is 0 Å². The number of ether oxygens (including phenoxy) is 1. The quantitative estimate of drug-likeness (QED) is 0.603. The van der Waals surface area contributed by atoms with E-state index in [1.54, 1.807) is 6.92 Å². The zero-order chi connectivity index (χ0) is 14.8. The number of nitrogens with zero attached hydrogens (tertiary/aromatic N) is 1. The summed E-state index contributed by atoms with van der Waals surface area (Å²) in [5.41, 5.74) is -2.24. The van der Waals surface area contributed by atoms with Gasteiger partial charge in [-0.15, -0.1) is 0 Å². The normalized spacial score (nSPS) is 25.6. The summed E-state index contributed by atoms with van der Waals surface area (Å²) in [5, 5.41) is 12.8. The van der Waals surface area contributed by atoms with E-state index in [9.17, 15) is 19.5 Å². The average molecular weight is 283 g/mol. The summed E-state index contributed by atoms with van der Waals surface area (Å²) in [6.07, 6.45) is 1.35. The highest BCUT2D eigenvalue weighted by Gasteiger charge is 2.39. The number of hydrogen-bond donors (Lipinski definition) is 3. The van der Waals surface area contributed by atoms with Gasteiger partial charge >= 0.3 is 5.69 Å². The van der Waals surface area contributed by atoms with Crippen LogP contribution in [0.15, 0.2) is 21.9 Å². The number of carbonyl (C=O) groups excluding carboxylic acids is 1. The number of carbonyl (C=O) groups is 1. The molecule has 20 heavy (non-hydrogen) atoms. The third kappa shape index (κ3) is 3.14. The number of amides is 1. The fourth-order valence-corrected chi connectivity index (χ4v) is 2.03. The molecule has 0 saturated carbocycles. The molecule has 2 unspecified atom stereocenters. The van der Waals surface area contributed by atoms with Crippen molar-refractivity contribution in [1.82, 2.24) is 14.9 Å². The molecule has 8 nitrogen and oxygen atoms in total. The number of aliphatic hydroxyl groups is 1. The Kier molecular flexibility index (Phi) is 4.05. The molecule has 2 atom stereocenters. The Morgan fingerprint density at radius 2 is 2.40 bits per heavy atom. The van der Waals surface area contributed by atoms with Gasteiger partial charge in [0.25, 0.3) is 5.56 Å². The van der Waals surface area contributed by atoms with Gasteiger partial charge in [0.05, 0.1) is 6.10 Å². The van der Waals surface area contributed by atoms with Crippen molar-refractivity contribution >= 4 is 5.91 Å². The van der Waals surface area contributed by atoms with Crippen LogP contribution < -0.4 is 16.6 Å². The Hall–Kier alpha value is -1.93. The molecule has 1 fully saturated rings. The molecule has 0 aliphatic carbocycles. The molecule has 0 radical (unpaired) electrons. The highest BCUT2D eigenvalue weighted by Crippen LogP contribution is 2.24. The van der Waals surface area contributed by atoms with E-state index in [4.69, 9.17) is 4.74 Å². The van der Waals surface area contributed by atoms with Crippen LogP contribution in [0.1, 0.15) is 13.3 Å². The van der Waals surface area contributed by atoms with Crippen LogP contribution in [-0.4, -0.2) is 45.4 Å². The maximum absolute atomic E-state index is 11.7. The summed E-state index contributed by atoms with van der Waals surface area (Å²) in [7, 11) is 0. The monoisotopic (exact) mass is 283 g/mol. The summed E-state index contributed by atoms with van der Waals surface area (Å²) < 4.78 is 6.33. The number of aromatic nitrogens is 2. The van der Waals surface area contributed by atoms with Gasteiger partial charge < -0.3 is 15.2 Å². The number of rotatable bonds is 4. The zero-order valence-corrected chi connectivity index (χ0v) is 11.1. The van der Waals surface area contributed by atoms with Gasteiger partial charge in [-0.25, -0.2) is 4.79 Å². The molecule has 2 rings (SSSR count). The van der Waals surface area contributed by atoms with Crippen LogP contribution in [-0.2, 0) is 16.1 Å². The van der Waals surface area contributed by atoms with Crippen LogP contribution in [0.3, 0.4) is 0 Å². The van der Waals surface area contributed by atoms with Gasteiger partial charge in [-0.05, 0) is 6.92 Å². The molecular formula is C12H17N3O5. The van der Waals surface area contributed by atoms with Crippen molar-refractivity contribution in [2.24, 2.45) is 0 Å². The van der Waals surface area contributed by atoms with Gasteiger partial charge in [-0.2, -0.15) is 0 Å². The van der Waals surface area contributed by atoms with Crippen molar-refractivity contribution in [2.45, 2.75) is 31.6 Å². The van der Waals surface area contributed by atoms with E-state index in [2.05, 4.69) is 10.3 Å². The predicted octanol–water partition coefficient (Wildman–Crippen LogP) is -1.81. The van der Waals surface area contributed by atoms with E-state index in [1.165, 1.54) is 6.20 Å². The van der Waals surface area contributed by atoms with Crippen molar-refractivity contribution in [3.05, 3.63) is 33.1 Å². The summed E-state index contributed by atoms with van der Waals surface area (Å²) in [4.78, 5) is 36.1. The lowest BCUT2D eigenvalue weighted by Crippen LogP contribution is -2.48.